The Labute approximate surface area is 387 Å². The number of rotatable bonds is 14. The highest BCUT2D eigenvalue weighted by molar-refractivity contribution is 6.08. The van der Waals surface area contributed by atoms with Crippen LogP contribution in [0.4, 0.5) is 47.3 Å². The van der Waals surface area contributed by atoms with Crippen molar-refractivity contribution in [3.63, 3.8) is 0 Å². The molecular formula is C49H43F6N9O4. The van der Waals surface area contributed by atoms with Crippen molar-refractivity contribution in [1.82, 2.24) is 25.3 Å². The van der Waals surface area contributed by atoms with Crippen molar-refractivity contribution in [2.24, 2.45) is 0 Å². The minimum atomic E-state index is -4.67. The molecule has 4 aliphatic rings. The number of nitrogens with one attached hydrogen (secondary N) is 2. The maximum absolute atomic E-state index is 14.1. The van der Waals surface area contributed by atoms with E-state index in [1.54, 1.807) is 58.3 Å². The summed E-state index contributed by atoms with van der Waals surface area (Å²) in [6, 6.07) is 22.3. The number of nitrogens with zero attached hydrogens (tertiary/aromatic N) is 7. The molecule has 0 unspecified atom stereocenters. The second-order valence-electron chi connectivity index (χ2n) is 16.9. The number of urea groups is 2. The van der Waals surface area contributed by atoms with Crippen molar-refractivity contribution in [3.05, 3.63) is 153 Å². The number of anilines is 2. The maximum Gasteiger partial charge on any atom is 0.416 e. The van der Waals surface area contributed by atoms with E-state index in [2.05, 4.69) is 15.5 Å². The molecule has 6 amide bonds. The van der Waals surface area contributed by atoms with Crippen LogP contribution in [0, 0.1) is 22.7 Å². The molecule has 0 aliphatic carbocycles. The van der Waals surface area contributed by atoms with Crippen LogP contribution in [0.1, 0.15) is 71.1 Å². The van der Waals surface area contributed by atoms with Gasteiger partial charge >= 0.3 is 24.4 Å². The Bertz CT molecular complexity index is 2790. The van der Waals surface area contributed by atoms with Gasteiger partial charge in [0.2, 0.25) is 0 Å². The number of benzene rings is 4. The molecule has 4 aromatic carbocycles. The molecule has 0 saturated heterocycles. The highest BCUT2D eigenvalue weighted by Crippen LogP contribution is 2.42. The Kier molecular flexibility index (Phi) is 13.0. The minimum Gasteiger partial charge on any atom is -0.333 e. The second kappa shape index (κ2) is 18.9. The molecule has 68 heavy (non-hydrogen) atoms. The molecule has 2 atom stereocenters. The van der Waals surface area contributed by atoms with Crippen molar-refractivity contribution in [2.75, 3.05) is 56.1 Å². The molecule has 0 aromatic heterocycles. The Balaban J connectivity index is 0.878. The quantitative estimate of drug-likeness (QED) is 0.0951. The lowest BCUT2D eigenvalue weighted by Crippen LogP contribution is -2.47. The third kappa shape index (κ3) is 9.47. The Morgan fingerprint density at radius 2 is 1.00 bits per heavy atom. The second-order valence-corrected chi connectivity index (χ2v) is 16.9. The molecule has 4 heterocycles. The number of nitriles is 2. The molecule has 0 bridgehead atoms. The van der Waals surface area contributed by atoms with Crippen LogP contribution in [0.2, 0.25) is 0 Å². The largest absolute Gasteiger partial charge is 0.416 e. The van der Waals surface area contributed by atoms with Crippen molar-refractivity contribution >= 4 is 35.3 Å². The predicted molar refractivity (Wildman–Crippen MR) is 236 cm³/mol. The van der Waals surface area contributed by atoms with Crippen molar-refractivity contribution in [3.8, 4) is 12.1 Å². The molecule has 0 saturated carbocycles. The van der Waals surface area contributed by atoms with Gasteiger partial charge in [0.15, 0.2) is 0 Å². The van der Waals surface area contributed by atoms with Gasteiger partial charge in [-0.15, -0.1) is 0 Å². The van der Waals surface area contributed by atoms with E-state index < -0.39 is 47.6 Å². The maximum atomic E-state index is 14.1. The van der Waals surface area contributed by atoms with Crippen LogP contribution >= 0.6 is 0 Å². The van der Waals surface area contributed by atoms with Crippen LogP contribution in [0.5, 0.6) is 0 Å². The summed E-state index contributed by atoms with van der Waals surface area (Å²) in [7, 11) is 1.92. The van der Waals surface area contributed by atoms with E-state index in [0.717, 1.165) is 40.5 Å². The van der Waals surface area contributed by atoms with Crippen LogP contribution in [0.15, 0.2) is 120 Å². The number of carbonyl (C=O) groups is 4. The summed E-state index contributed by atoms with van der Waals surface area (Å²) in [4.78, 5) is 62.9. The number of alkyl halides is 6. The van der Waals surface area contributed by atoms with E-state index in [9.17, 15) is 56.0 Å². The normalized spacial score (nSPS) is 18.5. The average molecular weight is 936 g/mol. The van der Waals surface area contributed by atoms with E-state index in [1.807, 2.05) is 19.2 Å². The molecule has 19 heteroatoms. The average Bonchev–Trinajstić information content (AvgIpc) is 3.82. The Morgan fingerprint density at radius 3 is 1.41 bits per heavy atom. The zero-order valence-electron chi connectivity index (χ0n) is 36.5. The summed E-state index contributed by atoms with van der Waals surface area (Å²) in [5.74, 6) is -0.736. The van der Waals surface area contributed by atoms with Gasteiger partial charge in [0.25, 0.3) is 11.8 Å². The molecule has 350 valence electrons. The van der Waals surface area contributed by atoms with Gasteiger partial charge in [-0.25, -0.2) is 9.59 Å². The lowest BCUT2D eigenvalue weighted by Gasteiger charge is -2.34. The third-order valence-corrected chi connectivity index (χ3v) is 12.4. The topological polar surface area (TPSA) is 156 Å². The highest BCUT2D eigenvalue weighted by atomic mass is 19.4. The Morgan fingerprint density at radius 1 is 0.588 bits per heavy atom. The highest BCUT2D eigenvalue weighted by Gasteiger charge is 2.47. The molecule has 13 nitrogen and oxygen atoms in total. The van der Waals surface area contributed by atoms with Crippen LogP contribution in [0.3, 0.4) is 0 Å². The number of carbonyl (C=O) groups excluding carboxylic acids is 4. The minimum absolute atomic E-state index is 0.00579. The van der Waals surface area contributed by atoms with Crippen LogP contribution in [0.25, 0.3) is 0 Å². The van der Waals surface area contributed by atoms with Gasteiger partial charge < -0.3 is 25.3 Å². The first-order valence-electron chi connectivity index (χ1n) is 21.8. The molecule has 2 N–H and O–H groups in total. The molecule has 4 aromatic rings. The van der Waals surface area contributed by atoms with E-state index in [0.29, 0.717) is 61.2 Å². The lowest BCUT2D eigenvalue weighted by molar-refractivity contribution is -0.138. The first-order chi connectivity index (χ1) is 32.5. The fourth-order valence-electron chi connectivity index (χ4n) is 9.05. The van der Waals surface area contributed by atoms with E-state index >= 15 is 0 Å². The smallest absolute Gasteiger partial charge is 0.333 e. The SMILES string of the molecule is CN(CCCCCN1CC2=C(C1=O)[C@@H](c1ccc(C#N)cc1)NC(=O)N2c1cccc(C(F)(F)F)c1)CCCN1CC2=C(C1=O)[C@@H](c1ccc(C#N)cc1)NC(=O)N2c1cccc(C(F)(F)F)c1. The van der Waals surface area contributed by atoms with Crippen molar-refractivity contribution in [2.45, 2.75) is 50.1 Å². The summed E-state index contributed by atoms with van der Waals surface area (Å²) in [5, 5.41) is 24.2. The van der Waals surface area contributed by atoms with Crippen LogP contribution < -0.4 is 20.4 Å². The van der Waals surface area contributed by atoms with Crippen LogP contribution in [-0.4, -0.2) is 84.9 Å². The summed E-state index contributed by atoms with van der Waals surface area (Å²) in [6.45, 7) is 1.82. The third-order valence-electron chi connectivity index (χ3n) is 12.4. The van der Waals surface area contributed by atoms with E-state index in [1.165, 1.54) is 24.3 Å². The molecule has 0 spiro atoms. The van der Waals surface area contributed by atoms with Gasteiger partial charge in [-0.05, 0) is 111 Å². The molecular weight excluding hydrogens is 893 g/mol. The summed E-state index contributed by atoms with van der Waals surface area (Å²) in [5.41, 5.74) is 0.833. The van der Waals surface area contributed by atoms with Gasteiger partial charge in [-0.3, -0.25) is 19.4 Å². The number of hydrogen-bond donors (Lipinski definition) is 2. The predicted octanol–water partition coefficient (Wildman–Crippen LogP) is 8.39. The zero-order valence-corrected chi connectivity index (χ0v) is 36.5. The van der Waals surface area contributed by atoms with Gasteiger partial charge in [0.1, 0.15) is 0 Å². The van der Waals surface area contributed by atoms with Gasteiger partial charge in [0, 0.05) is 13.1 Å². The van der Waals surface area contributed by atoms with Gasteiger partial charge in [0.05, 0.1) is 93.5 Å². The first kappa shape index (κ1) is 46.9. The standard InChI is InChI=1S/C49H43F6N9O4/c1-60(21-7-23-62-29-39-41(45(62)66)43(33-18-14-31(27-57)15-19-33)59-47(68)64(39)37-11-6-9-35(25-37)49(53,54)55)20-3-2-4-22-61-28-38-40(44(61)65)42(32-16-12-30(26-56)13-17-32)58-46(67)63(38)36-10-5-8-34(24-36)48(50,51)52/h5-6,8-19,24-25,42-43H,2-4,7,20-23,28-29H2,1H3,(H,58,67)(H,59,68)/t42-,43-/m1/s1. The van der Waals surface area contributed by atoms with Crippen molar-refractivity contribution < 1.29 is 45.5 Å². The lowest BCUT2D eigenvalue weighted by atomic mass is 9.94. The fraction of sp³-hybridized carbons (Fsp3) is 0.306. The van der Waals surface area contributed by atoms with Crippen molar-refractivity contribution in [1.29, 1.82) is 10.5 Å². The summed E-state index contributed by atoms with van der Waals surface area (Å²) < 4.78 is 82.3. The fourth-order valence-corrected chi connectivity index (χ4v) is 9.05. The summed E-state index contributed by atoms with van der Waals surface area (Å²) in [6.07, 6.45) is -6.77. The first-order valence-corrected chi connectivity index (χ1v) is 21.8. The van der Waals surface area contributed by atoms with Crippen LogP contribution in [-0.2, 0) is 21.9 Å². The Hall–Kier alpha value is -7.64. The number of amides is 6. The molecule has 8 rings (SSSR count). The van der Waals surface area contributed by atoms with Gasteiger partial charge in [-0.2, -0.15) is 36.9 Å². The van der Waals surface area contributed by atoms with Gasteiger partial charge in [-0.1, -0.05) is 42.8 Å². The number of hydrogen-bond acceptors (Lipinski definition) is 7. The van der Waals surface area contributed by atoms with E-state index in [4.69, 9.17) is 0 Å². The molecule has 0 fully saturated rings. The number of unbranched alkanes of at least 4 members (excludes halogenated alkanes) is 2. The number of halogens is 6. The molecule has 0 radical (unpaired) electrons. The van der Waals surface area contributed by atoms with E-state index in [-0.39, 0.29) is 65.4 Å². The summed E-state index contributed by atoms with van der Waals surface area (Å²) >= 11 is 0. The monoisotopic (exact) mass is 935 g/mol. The molecule has 4 aliphatic heterocycles. The zero-order chi connectivity index (χ0) is 48.5.